The minimum atomic E-state index is -1.18. The van der Waals surface area contributed by atoms with Crippen molar-refractivity contribution in [3.63, 3.8) is 0 Å². The summed E-state index contributed by atoms with van der Waals surface area (Å²) in [6.45, 7) is 3.96. The summed E-state index contributed by atoms with van der Waals surface area (Å²) in [5, 5.41) is 14.0. The van der Waals surface area contributed by atoms with Crippen molar-refractivity contribution in [2.45, 2.75) is 58.0 Å². The average molecular weight is 273 g/mol. The van der Waals surface area contributed by atoms with E-state index in [9.17, 15) is 14.4 Å². The Bertz CT molecular complexity index is 320. The molecule has 0 saturated heterocycles. The number of carbonyl (C=O) groups is 3. The molecular formula is C12H23N3O4. The van der Waals surface area contributed by atoms with E-state index in [1.54, 1.807) is 0 Å². The van der Waals surface area contributed by atoms with Gasteiger partial charge < -0.3 is 21.5 Å². The highest BCUT2D eigenvalue weighted by Crippen LogP contribution is 2.02. The van der Waals surface area contributed by atoms with Gasteiger partial charge in [-0.2, -0.15) is 0 Å². The largest absolute Gasteiger partial charge is 0.480 e. The fourth-order valence-electron chi connectivity index (χ4n) is 1.66. The van der Waals surface area contributed by atoms with E-state index < -0.39 is 23.9 Å². The predicted molar refractivity (Wildman–Crippen MR) is 70.5 cm³/mol. The van der Waals surface area contributed by atoms with Crippen molar-refractivity contribution in [1.29, 1.82) is 0 Å². The van der Waals surface area contributed by atoms with Gasteiger partial charge in [-0.25, -0.2) is 9.59 Å². The van der Waals surface area contributed by atoms with Crippen molar-refractivity contribution < 1.29 is 19.5 Å². The molecule has 1 unspecified atom stereocenters. The van der Waals surface area contributed by atoms with Crippen molar-refractivity contribution in [3.05, 3.63) is 0 Å². The van der Waals surface area contributed by atoms with Crippen LogP contribution in [0.25, 0.3) is 0 Å². The summed E-state index contributed by atoms with van der Waals surface area (Å²) in [5.74, 6) is -1.77. The van der Waals surface area contributed by atoms with Gasteiger partial charge in [-0.1, -0.05) is 20.3 Å². The first-order chi connectivity index (χ1) is 8.90. The number of rotatable bonds is 9. The molecule has 2 atom stereocenters. The lowest BCUT2D eigenvalue weighted by Crippen LogP contribution is -2.49. The Kier molecular flexibility index (Phi) is 8.32. The second-order valence-electron chi connectivity index (χ2n) is 4.41. The number of carboxylic acid groups (broad SMARTS) is 1. The highest BCUT2D eigenvalue weighted by atomic mass is 16.4. The second kappa shape index (κ2) is 9.18. The first-order valence-electron chi connectivity index (χ1n) is 6.48. The van der Waals surface area contributed by atoms with Crippen LogP contribution in [0.1, 0.15) is 46.0 Å². The van der Waals surface area contributed by atoms with Crippen LogP contribution in [0.15, 0.2) is 0 Å². The number of aliphatic carboxylic acids is 1. The van der Waals surface area contributed by atoms with Crippen molar-refractivity contribution in [2.24, 2.45) is 5.73 Å². The van der Waals surface area contributed by atoms with Gasteiger partial charge in [0.1, 0.15) is 6.04 Å². The lowest BCUT2D eigenvalue weighted by Gasteiger charge is -2.19. The molecule has 0 bridgehead atoms. The fourth-order valence-corrected chi connectivity index (χ4v) is 1.66. The number of urea groups is 1. The molecule has 0 aliphatic rings. The molecule has 0 heterocycles. The molecule has 7 heteroatoms. The zero-order valence-corrected chi connectivity index (χ0v) is 11.4. The van der Waals surface area contributed by atoms with Crippen molar-refractivity contribution in [2.75, 3.05) is 0 Å². The highest BCUT2D eigenvalue weighted by Gasteiger charge is 2.21. The van der Waals surface area contributed by atoms with E-state index in [1.807, 2.05) is 13.8 Å². The van der Waals surface area contributed by atoms with Crippen LogP contribution in [0.4, 0.5) is 4.79 Å². The predicted octanol–water partition coefficient (Wildman–Crippen LogP) is 0.583. The summed E-state index contributed by atoms with van der Waals surface area (Å²) in [6, 6.07) is -1.61. The van der Waals surface area contributed by atoms with Gasteiger partial charge in [0.25, 0.3) is 0 Å². The van der Waals surface area contributed by atoms with E-state index in [2.05, 4.69) is 10.6 Å². The third kappa shape index (κ3) is 8.01. The molecule has 7 nitrogen and oxygen atoms in total. The molecule has 110 valence electrons. The van der Waals surface area contributed by atoms with E-state index in [4.69, 9.17) is 10.8 Å². The van der Waals surface area contributed by atoms with Crippen LogP contribution in [-0.4, -0.2) is 35.1 Å². The molecule has 0 aromatic rings. The number of carbonyl (C=O) groups excluding carboxylic acids is 2. The number of carboxylic acids is 1. The molecule has 0 rings (SSSR count). The van der Waals surface area contributed by atoms with Crippen LogP contribution in [-0.2, 0) is 9.59 Å². The minimum absolute atomic E-state index is 0.0113. The van der Waals surface area contributed by atoms with E-state index in [-0.39, 0.29) is 18.9 Å². The Labute approximate surface area is 112 Å². The monoisotopic (exact) mass is 273 g/mol. The average Bonchev–Trinajstić information content (AvgIpc) is 2.33. The van der Waals surface area contributed by atoms with Gasteiger partial charge in [0, 0.05) is 12.5 Å². The van der Waals surface area contributed by atoms with Crippen LogP contribution in [0.5, 0.6) is 0 Å². The first-order valence-corrected chi connectivity index (χ1v) is 6.48. The van der Waals surface area contributed by atoms with Crippen LogP contribution < -0.4 is 16.4 Å². The number of primary amides is 1. The Hall–Kier alpha value is -1.79. The summed E-state index contributed by atoms with van der Waals surface area (Å²) in [7, 11) is 0. The molecular weight excluding hydrogens is 250 g/mol. The molecule has 3 amide bonds. The van der Waals surface area contributed by atoms with Crippen LogP contribution >= 0.6 is 0 Å². The van der Waals surface area contributed by atoms with Gasteiger partial charge >= 0.3 is 12.0 Å². The van der Waals surface area contributed by atoms with Crippen LogP contribution in [0.3, 0.4) is 0 Å². The van der Waals surface area contributed by atoms with Gasteiger partial charge in [0.05, 0.1) is 0 Å². The fraction of sp³-hybridized carbons (Fsp3) is 0.750. The van der Waals surface area contributed by atoms with Crippen LogP contribution in [0, 0.1) is 0 Å². The number of hydrogen-bond donors (Lipinski definition) is 4. The standard InChI is InChI=1S/C12H23N3O4/c1-3-5-8(4-2)14-12(19)15-9(11(17)18)6-7-10(13)16/h8-9H,3-7H2,1-2H3,(H2,13,16)(H,17,18)(H2,14,15,19)/t8?,9-/m1/s1. The van der Waals surface area contributed by atoms with Gasteiger partial charge in [-0.3, -0.25) is 4.79 Å². The summed E-state index contributed by atoms with van der Waals surface area (Å²) in [5.41, 5.74) is 4.95. The van der Waals surface area contributed by atoms with E-state index in [0.29, 0.717) is 0 Å². The van der Waals surface area contributed by atoms with Gasteiger partial charge in [0.2, 0.25) is 5.91 Å². The quantitative estimate of drug-likeness (QED) is 0.491. The zero-order chi connectivity index (χ0) is 14.8. The van der Waals surface area contributed by atoms with E-state index in [1.165, 1.54) is 0 Å². The van der Waals surface area contributed by atoms with Crippen LogP contribution in [0.2, 0.25) is 0 Å². The summed E-state index contributed by atoms with van der Waals surface area (Å²) in [6.07, 6.45) is 2.46. The molecule has 19 heavy (non-hydrogen) atoms. The molecule has 5 N–H and O–H groups in total. The maximum atomic E-state index is 11.6. The second-order valence-corrected chi connectivity index (χ2v) is 4.41. The molecule has 0 fully saturated rings. The molecule has 0 aromatic heterocycles. The molecule has 0 radical (unpaired) electrons. The highest BCUT2D eigenvalue weighted by molar-refractivity contribution is 5.83. The van der Waals surface area contributed by atoms with Crippen molar-refractivity contribution in [1.82, 2.24) is 10.6 Å². The summed E-state index contributed by atoms with van der Waals surface area (Å²) in [4.78, 5) is 33.2. The smallest absolute Gasteiger partial charge is 0.326 e. The lowest BCUT2D eigenvalue weighted by molar-refractivity contribution is -0.139. The maximum Gasteiger partial charge on any atom is 0.326 e. The third-order valence-electron chi connectivity index (χ3n) is 2.75. The van der Waals surface area contributed by atoms with E-state index >= 15 is 0 Å². The van der Waals surface area contributed by atoms with Crippen molar-refractivity contribution >= 4 is 17.9 Å². The Balaban J connectivity index is 4.30. The topological polar surface area (TPSA) is 122 Å². The maximum absolute atomic E-state index is 11.6. The molecule has 0 spiro atoms. The molecule has 0 saturated carbocycles. The summed E-state index contributed by atoms with van der Waals surface area (Å²) < 4.78 is 0. The molecule has 0 aliphatic carbocycles. The Morgan fingerprint density at radius 1 is 1.16 bits per heavy atom. The summed E-state index contributed by atoms with van der Waals surface area (Å²) >= 11 is 0. The Morgan fingerprint density at radius 2 is 1.79 bits per heavy atom. The molecule has 0 aromatic carbocycles. The normalized spacial score (nSPS) is 13.4. The van der Waals surface area contributed by atoms with E-state index in [0.717, 1.165) is 19.3 Å². The number of hydrogen-bond acceptors (Lipinski definition) is 3. The third-order valence-corrected chi connectivity index (χ3v) is 2.75. The van der Waals surface area contributed by atoms with Gasteiger partial charge in [-0.05, 0) is 19.3 Å². The zero-order valence-electron chi connectivity index (χ0n) is 11.4. The number of nitrogens with two attached hydrogens (primary N) is 1. The van der Waals surface area contributed by atoms with Crippen molar-refractivity contribution in [3.8, 4) is 0 Å². The van der Waals surface area contributed by atoms with Gasteiger partial charge in [0.15, 0.2) is 0 Å². The number of amides is 3. The Morgan fingerprint density at radius 3 is 2.21 bits per heavy atom. The SMILES string of the molecule is CCCC(CC)NC(=O)N[C@H](CCC(N)=O)C(=O)O. The number of nitrogens with one attached hydrogen (secondary N) is 2. The molecule has 0 aliphatic heterocycles. The first kappa shape index (κ1) is 17.2. The van der Waals surface area contributed by atoms with Gasteiger partial charge in [-0.15, -0.1) is 0 Å². The minimum Gasteiger partial charge on any atom is -0.480 e. The lowest BCUT2D eigenvalue weighted by atomic mass is 10.1.